The molecular formula is C21H31N3O2. The van der Waals surface area contributed by atoms with Gasteiger partial charge < -0.3 is 5.32 Å². The Morgan fingerprint density at radius 3 is 2.69 bits per heavy atom. The summed E-state index contributed by atoms with van der Waals surface area (Å²) in [5.74, 6) is 0.759. The van der Waals surface area contributed by atoms with Gasteiger partial charge >= 0.3 is 0 Å². The molecule has 0 saturated heterocycles. The predicted octanol–water partition coefficient (Wildman–Crippen LogP) is 3.82. The van der Waals surface area contributed by atoms with Crippen molar-refractivity contribution in [1.29, 1.82) is 0 Å². The highest BCUT2D eigenvalue weighted by atomic mass is 16.1. The van der Waals surface area contributed by atoms with Crippen LogP contribution in [0.15, 0.2) is 29.3 Å². The average Bonchev–Trinajstić information content (AvgIpc) is 2.57. The molecule has 5 nitrogen and oxygen atoms in total. The Morgan fingerprint density at radius 2 is 1.96 bits per heavy atom. The monoisotopic (exact) mass is 357 g/mol. The van der Waals surface area contributed by atoms with Gasteiger partial charge in [-0.15, -0.1) is 0 Å². The van der Waals surface area contributed by atoms with Gasteiger partial charge in [-0.2, -0.15) is 0 Å². The van der Waals surface area contributed by atoms with Crippen LogP contribution >= 0.6 is 0 Å². The van der Waals surface area contributed by atoms with Gasteiger partial charge in [0.1, 0.15) is 0 Å². The van der Waals surface area contributed by atoms with E-state index in [-0.39, 0.29) is 17.5 Å². The van der Waals surface area contributed by atoms with Gasteiger partial charge in [-0.05, 0) is 44.2 Å². The first-order valence-electron chi connectivity index (χ1n) is 9.62. The van der Waals surface area contributed by atoms with Crippen molar-refractivity contribution in [2.24, 2.45) is 5.92 Å². The quantitative estimate of drug-likeness (QED) is 0.742. The Balaban J connectivity index is 1.82. The van der Waals surface area contributed by atoms with Crippen molar-refractivity contribution in [3.8, 4) is 0 Å². The van der Waals surface area contributed by atoms with E-state index in [0.29, 0.717) is 30.7 Å². The molecule has 1 amide bonds. The molecule has 1 aromatic carbocycles. The summed E-state index contributed by atoms with van der Waals surface area (Å²) < 4.78 is 1.60. The fourth-order valence-corrected chi connectivity index (χ4v) is 3.16. The van der Waals surface area contributed by atoms with Crippen LogP contribution in [0.3, 0.4) is 0 Å². The highest BCUT2D eigenvalue weighted by Crippen LogP contribution is 2.11. The van der Waals surface area contributed by atoms with E-state index in [1.807, 2.05) is 19.1 Å². The van der Waals surface area contributed by atoms with E-state index in [4.69, 9.17) is 0 Å². The first-order valence-corrected chi connectivity index (χ1v) is 9.62. The standard InChI is InChI=1S/C21H31N3O2/c1-15(2)8-5-10-17(4)23-19(25)12-7-13-24-14-22-20-16(3)9-6-11-18(20)21(24)26/h6,9,11,14-15,17H,5,7-8,10,12-13H2,1-4H3,(H,23,25)/t17-/m1/s1. The van der Waals surface area contributed by atoms with Crippen molar-refractivity contribution in [3.05, 3.63) is 40.4 Å². The second-order valence-electron chi connectivity index (χ2n) is 7.61. The van der Waals surface area contributed by atoms with Gasteiger partial charge in [-0.3, -0.25) is 14.2 Å². The maximum absolute atomic E-state index is 12.5. The Morgan fingerprint density at radius 1 is 1.19 bits per heavy atom. The Hall–Kier alpha value is -2.17. The molecule has 0 aliphatic heterocycles. The van der Waals surface area contributed by atoms with Crippen molar-refractivity contribution in [2.75, 3.05) is 0 Å². The summed E-state index contributed by atoms with van der Waals surface area (Å²) in [5, 5.41) is 3.68. The predicted molar refractivity (Wildman–Crippen MR) is 106 cm³/mol. The molecule has 1 atom stereocenters. The number of fused-ring (bicyclic) bond motifs is 1. The second kappa shape index (κ2) is 9.51. The molecule has 0 saturated carbocycles. The average molecular weight is 357 g/mol. The number of nitrogens with one attached hydrogen (secondary N) is 1. The third-order valence-electron chi connectivity index (χ3n) is 4.68. The lowest BCUT2D eigenvalue weighted by atomic mass is 10.0. The number of amides is 1. The lowest BCUT2D eigenvalue weighted by molar-refractivity contribution is -0.121. The van der Waals surface area contributed by atoms with E-state index in [2.05, 4.69) is 31.1 Å². The first kappa shape index (κ1) is 20.1. The van der Waals surface area contributed by atoms with Crippen molar-refractivity contribution in [1.82, 2.24) is 14.9 Å². The molecule has 142 valence electrons. The normalized spacial score (nSPS) is 12.5. The molecule has 1 heterocycles. The van der Waals surface area contributed by atoms with Gasteiger partial charge in [0.25, 0.3) is 5.56 Å². The molecule has 0 unspecified atom stereocenters. The molecule has 0 aliphatic carbocycles. The van der Waals surface area contributed by atoms with Crippen LogP contribution in [0.1, 0.15) is 58.4 Å². The van der Waals surface area contributed by atoms with Crippen molar-refractivity contribution in [3.63, 3.8) is 0 Å². The Kier molecular flexibility index (Phi) is 7.37. The lowest BCUT2D eigenvalue weighted by Crippen LogP contribution is -2.32. The Bertz CT molecular complexity index is 795. The molecule has 2 aromatic rings. The van der Waals surface area contributed by atoms with Crippen LogP contribution in [0.25, 0.3) is 10.9 Å². The number of carbonyl (C=O) groups excluding carboxylic acids is 1. The molecule has 5 heteroatoms. The number of hydrogen-bond donors (Lipinski definition) is 1. The number of aromatic nitrogens is 2. The van der Waals surface area contributed by atoms with Gasteiger partial charge in [0.2, 0.25) is 5.91 Å². The highest BCUT2D eigenvalue weighted by molar-refractivity contribution is 5.80. The van der Waals surface area contributed by atoms with Crippen LogP contribution < -0.4 is 10.9 Å². The summed E-state index contributed by atoms with van der Waals surface area (Å²) in [6.07, 6.45) is 5.98. The first-order chi connectivity index (χ1) is 12.4. The summed E-state index contributed by atoms with van der Waals surface area (Å²) in [6.45, 7) is 8.94. The zero-order valence-electron chi connectivity index (χ0n) is 16.4. The summed E-state index contributed by atoms with van der Waals surface area (Å²) in [7, 11) is 0. The van der Waals surface area contributed by atoms with E-state index in [0.717, 1.165) is 23.9 Å². The molecule has 0 radical (unpaired) electrons. The topological polar surface area (TPSA) is 64.0 Å². The number of rotatable bonds is 9. The highest BCUT2D eigenvalue weighted by Gasteiger charge is 2.09. The largest absolute Gasteiger partial charge is 0.354 e. The molecule has 26 heavy (non-hydrogen) atoms. The summed E-state index contributed by atoms with van der Waals surface area (Å²) in [6, 6.07) is 5.83. The minimum absolute atomic E-state index is 0.0406. The number of carbonyl (C=O) groups is 1. The van der Waals surface area contributed by atoms with E-state index in [9.17, 15) is 9.59 Å². The summed E-state index contributed by atoms with van der Waals surface area (Å²) in [5.41, 5.74) is 1.71. The van der Waals surface area contributed by atoms with Crippen molar-refractivity contribution >= 4 is 16.8 Å². The smallest absolute Gasteiger partial charge is 0.261 e. The van der Waals surface area contributed by atoms with Gasteiger partial charge in [-0.1, -0.05) is 38.8 Å². The number of benzene rings is 1. The van der Waals surface area contributed by atoms with Crippen LogP contribution in [0.4, 0.5) is 0 Å². The van der Waals surface area contributed by atoms with E-state index in [1.165, 1.54) is 6.42 Å². The number of aryl methyl sites for hydroxylation is 2. The molecular weight excluding hydrogens is 326 g/mol. The third kappa shape index (κ3) is 5.68. The van der Waals surface area contributed by atoms with Crippen LogP contribution in [0.2, 0.25) is 0 Å². The molecule has 0 bridgehead atoms. The SMILES string of the molecule is Cc1cccc2c(=O)n(CCCC(=O)N[C@H](C)CCCC(C)C)cnc12. The third-order valence-corrected chi connectivity index (χ3v) is 4.68. The number of hydrogen-bond acceptors (Lipinski definition) is 3. The second-order valence-corrected chi connectivity index (χ2v) is 7.61. The Labute approximate surface area is 155 Å². The maximum Gasteiger partial charge on any atom is 0.261 e. The fourth-order valence-electron chi connectivity index (χ4n) is 3.16. The minimum atomic E-state index is -0.0406. The molecule has 2 rings (SSSR count). The van der Waals surface area contributed by atoms with Crippen LogP contribution in [0, 0.1) is 12.8 Å². The van der Waals surface area contributed by atoms with Gasteiger partial charge in [-0.25, -0.2) is 4.98 Å². The minimum Gasteiger partial charge on any atom is -0.354 e. The van der Waals surface area contributed by atoms with Gasteiger partial charge in [0, 0.05) is 19.0 Å². The van der Waals surface area contributed by atoms with Crippen LogP contribution in [-0.2, 0) is 11.3 Å². The molecule has 0 aliphatic rings. The van der Waals surface area contributed by atoms with Gasteiger partial charge in [0.15, 0.2) is 0 Å². The molecule has 0 fully saturated rings. The van der Waals surface area contributed by atoms with E-state index in [1.54, 1.807) is 17.0 Å². The number of para-hydroxylation sites is 1. The van der Waals surface area contributed by atoms with Crippen LogP contribution in [-0.4, -0.2) is 21.5 Å². The zero-order valence-corrected chi connectivity index (χ0v) is 16.4. The zero-order chi connectivity index (χ0) is 19.1. The molecule has 0 spiro atoms. The maximum atomic E-state index is 12.5. The van der Waals surface area contributed by atoms with Crippen LogP contribution in [0.5, 0.6) is 0 Å². The van der Waals surface area contributed by atoms with E-state index < -0.39 is 0 Å². The fraction of sp³-hybridized carbons (Fsp3) is 0.571. The van der Waals surface area contributed by atoms with E-state index >= 15 is 0 Å². The van der Waals surface area contributed by atoms with Crippen molar-refractivity contribution in [2.45, 2.75) is 72.4 Å². The summed E-state index contributed by atoms with van der Waals surface area (Å²) in [4.78, 5) is 29.0. The van der Waals surface area contributed by atoms with Crippen molar-refractivity contribution < 1.29 is 4.79 Å². The lowest BCUT2D eigenvalue weighted by Gasteiger charge is -2.14. The van der Waals surface area contributed by atoms with Gasteiger partial charge in [0.05, 0.1) is 17.2 Å². The molecule has 1 N–H and O–H groups in total. The summed E-state index contributed by atoms with van der Waals surface area (Å²) >= 11 is 0. The molecule has 1 aromatic heterocycles. The number of nitrogens with zero attached hydrogens (tertiary/aromatic N) is 2.